The lowest BCUT2D eigenvalue weighted by Crippen LogP contribution is -2.25. The normalized spacial score (nSPS) is 11.4. The van der Waals surface area contributed by atoms with Crippen LogP contribution in [0.4, 0.5) is 0 Å². The monoisotopic (exact) mass is 366 g/mol. The van der Waals surface area contributed by atoms with E-state index in [1.165, 1.54) is 0 Å². The van der Waals surface area contributed by atoms with Crippen LogP contribution in [-0.2, 0) is 4.79 Å². The lowest BCUT2D eigenvalue weighted by molar-refractivity contribution is -0.142. The van der Waals surface area contributed by atoms with Gasteiger partial charge in [-0.15, -0.1) is 0 Å². The van der Waals surface area contributed by atoms with E-state index in [-0.39, 0.29) is 5.97 Å². The second-order valence-corrected chi connectivity index (χ2v) is 7.42. The molecule has 5 heteroatoms. The zero-order valence-corrected chi connectivity index (χ0v) is 16.1. The zero-order chi connectivity index (χ0) is 19.8. The second kappa shape index (κ2) is 6.91. The molecule has 0 bridgehead atoms. The highest BCUT2D eigenvalue weighted by molar-refractivity contribution is 5.88. The molecule has 0 saturated carbocycles. The van der Waals surface area contributed by atoms with Crippen LogP contribution >= 0.6 is 0 Å². The number of esters is 1. The Kier molecular flexibility index (Phi) is 4.79. The van der Waals surface area contributed by atoms with Crippen LogP contribution in [-0.4, -0.2) is 13.1 Å². The van der Waals surface area contributed by atoms with E-state index in [0.29, 0.717) is 22.6 Å². The molecule has 0 aliphatic carbocycles. The number of hydrogen-bond acceptors (Lipinski definition) is 5. The van der Waals surface area contributed by atoms with Crippen molar-refractivity contribution in [3.63, 3.8) is 0 Å². The molecular weight excluding hydrogens is 344 g/mol. The first-order valence-electron chi connectivity index (χ1n) is 8.65. The van der Waals surface area contributed by atoms with E-state index in [1.54, 1.807) is 58.2 Å². The number of carbonyl (C=O) groups excluding carboxylic acids is 1. The Labute approximate surface area is 157 Å². The molecule has 0 fully saturated rings. The summed E-state index contributed by atoms with van der Waals surface area (Å²) in [6.45, 7) is 7.24. The van der Waals surface area contributed by atoms with Gasteiger partial charge in [0.25, 0.3) is 0 Å². The molecule has 27 heavy (non-hydrogen) atoms. The van der Waals surface area contributed by atoms with Crippen molar-refractivity contribution in [1.82, 2.24) is 0 Å². The predicted molar refractivity (Wildman–Crippen MR) is 104 cm³/mol. The number of carbonyl (C=O) groups is 1. The molecule has 2 aromatic carbocycles. The number of rotatable bonds is 3. The summed E-state index contributed by atoms with van der Waals surface area (Å²) in [5.41, 5.74) is 1.40. The third-order valence-electron chi connectivity index (χ3n) is 4.34. The first kappa shape index (κ1) is 18.7. The molecule has 0 unspecified atom stereocenters. The minimum atomic E-state index is -0.610. The van der Waals surface area contributed by atoms with Crippen LogP contribution in [0.5, 0.6) is 11.5 Å². The highest BCUT2D eigenvalue weighted by Crippen LogP contribution is 2.30. The van der Waals surface area contributed by atoms with Crippen molar-refractivity contribution in [2.45, 2.75) is 27.7 Å². The summed E-state index contributed by atoms with van der Waals surface area (Å²) >= 11 is 0. The Morgan fingerprint density at radius 2 is 1.63 bits per heavy atom. The van der Waals surface area contributed by atoms with Gasteiger partial charge in [-0.3, -0.25) is 4.79 Å². The number of ether oxygens (including phenoxy) is 2. The number of hydrogen-bond donors (Lipinski definition) is 0. The van der Waals surface area contributed by atoms with Crippen LogP contribution in [0.1, 0.15) is 26.3 Å². The summed E-state index contributed by atoms with van der Waals surface area (Å²) in [6, 6.07) is 12.2. The molecule has 0 aliphatic heterocycles. The first-order chi connectivity index (χ1) is 12.7. The Morgan fingerprint density at radius 1 is 1.00 bits per heavy atom. The molecule has 140 valence electrons. The van der Waals surface area contributed by atoms with Crippen LogP contribution in [0.2, 0.25) is 0 Å². The fourth-order valence-corrected chi connectivity index (χ4v) is 2.75. The standard InChI is InChI=1S/C22H22O5/c1-13-17-12-16(26-21(24)22(2,3)4)10-11-18(17)27-20(23)19(13)14-6-8-15(25-5)9-7-14/h6-12H,1-5H3. The first-order valence-corrected chi connectivity index (χ1v) is 8.65. The average Bonchev–Trinajstić information content (AvgIpc) is 2.62. The lowest BCUT2D eigenvalue weighted by Gasteiger charge is -2.16. The maximum atomic E-state index is 12.5. The van der Waals surface area contributed by atoms with Gasteiger partial charge in [-0.1, -0.05) is 12.1 Å². The largest absolute Gasteiger partial charge is 0.497 e. The predicted octanol–water partition coefficient (Wildman–Crippen LogP) is 4.73. The molecule has 0 amide bonds. The summed E-state index contributed by atoms with van der Waals surface area (Å²) in [5.74, 6) is 0.797. The van der Waals surface area contributed by atoms with Gasteiger partial charge in [-0.2, -0.15) is 0 Å². The van der Waals surface area contributed by atoms with Gasteiger partial charge in [0.05, 0.1) is 18.1 Å². The Balaban J connectivity index is 2.10. The highest BCUT2D eigenvalue weighted by atomic mass is 16.5. The Bertz CT molecular complexity index is 1050. The van der Waals surface area contributed by atoms with Crippen LogP contribution in [0.15, 0.2) is 51.7 Å². The fraction of sp³-hybridized carbons (Fsp3) is 0.273. The van der Waals surface area contributed by atoms with E-state index in [1.807, 2.05) is 19.1 Å². The number of aryl methyl sites for hydroxylation is 1. The van der Waals surface area contributed by atoms with Crippen molar-refractivity contribution in [1.29, 1.82) is 0 Å². The quantitative estimate of drug-likeness (QED) is 0.381. The van der Waals surface area contributed by atoms with E-state index in [9.17, 15) is 9.59 Å². The molecule has 1 aromatic heterocycles. The van der Waals surface area contributed by atoms with Gasteiger partial charge in [-0.25, -0.2) is 4.79 Å². The SMILES string of the molecule is COc1ccc(-c2c(C)c3cc(OC(=O)C(C)(C)C)ccc3oc2=O)cc1. The summed E-state index contributed by atoms with van der Waals surface area (Å²) in [4.78, 5) is 24.7. The Hall–Kier alpha value is -3.08. The summed E-state index contributed by atoms with van der Waals surface area (Å²) < 4.78 is 16.1. The smallest absolute Gasteiger partial charge is 0.344 e. The molecule has 0 spiro atoms. The van der Waals surface area contributed by atoms with Gasteiger partial charge < -0.3 is 13.9 Å². The third kappa shape index (κ3) is 3.72. The molecule has 0 atom stereocenters. The van der Waals surface area contributed by atoms with Gasteiger partial charge >= 0.3 is 11.6 Å². The summed E-state index contributed by atoms with van der Waals surface area (Å²) in [7, 11) is 1.59. The molecule has 0 aliphatic rings. The highest BCUT2D eigenvalue weighted by Gasteiger charge is 2.24. The van der Waals surface area contributed by atoms with Crippen molar-refractivity contribution in [3.05, 3.63) is 58.4 Å². The molecular formula is C22H22O5. The molecule has 0 N–H and O–H groups in total. The minimum absolute atomic E-state index is 0.327. The molecule has 0 saturated heterocycles. The lowest BCUT2D eigenvalue weighted by atomic mass is 9.97. The van der Waals surface area contributed by atoms with Gasteiger partial charge in [0.2, 0.25) is 0 Å². The second-order valence-electron chi connectivity index (χ2n) is 7.42. The van der Waals surface area contributed by atoms with Gasteiger partial charge in [-0.05, 0) is 69.2 Å². The summed E-state index contributed by atoms with van der Waals surface area (Å²) in [5, 5.41) is 0.722. The maximum absolute atomic E-state index is 12.5. The zero-order valence-electron chi connectivity index (χ0n) is 16.1. The number of benzene rings is 2. The fourth-order valence-electron chi connectivity index (χ4n) is 2.75. The number of methoxy groups -OCH3 is 1. The van der Waals surface area contributed by atoms with Crippen molar-refractivity contribution in [2.75, 3.05) is 7.11 Å². The van der Waals surface area contributed by atoms with Crippen molar-refractivity contribution in [3.8, 4) is 22.6 Å². The van der Waals surface area contributed by atoms with Crippen molar-refractivity contribution in [2.24, 2.45) is 5.41 Å². The van der Waals surface area contributed by atoms with Crippen LogP contribution in [0.3, 0.4) is 0 Å². The number of fused-ring (bicyclic) bond motifs is 1. The average molecular weight is 366 g/mol. The van der Waals surface area contributed by atoms with Crippen LogP contribution < -0.4 is 15.1 Å². The molecule has 5 nitrogen and oxygen atoms in total. The van der Waals surface area contributed by atoms with Crippen LogP contribution in [0.25, 0.3) is 22.1 Å². The molecule has 0 radical (unpaired) electrons. The molecule has 3 rings (SSSR count). The van der Waals surface area contributed by atoms with E-state index in [4.69, 9.17) is 13.9 Å². The van der Waals surface area contributed by atoms with E-state index >= 15 is 0 Å². The minimum Gasteiger partial charge on any atom is -0.497 e. The van der Waals surface area contributed by atoms with Gasteiger partial charge in [0.1, 0.15) is 17.1 Å². The topological polar surface area (TPSA) is 65.7 Å². The van der Waals surface area contributed by atoms with Crippen LogP contribution in [0, 0.1) is 12.3 Å². The van der Waals surface area contributed by atoms with E-state index in [2.05, 4.69) is 0 Å². The molecule has 3 aromatic rings. The molecule has 1 heterocycles. The van der Waals surface area contributed by atoms with Crippen molar-refractivity contribution >= 4 is 16.9 Å². The van der Waals surface area contributed by atoms with Gasteiger partial charge in [0.15, 0.2) is 0 Å². The maximum Gasteiger partial charge on any atom is 0.344 e. The third-order valence-corrected chi connectivity index (χ3v) is 4.34. The Morgan fingerprint density at radius 3 is 2.22 bits per heavy atom. The van der Waals surface area contributed by atoms with Gasteiger partial charge in [0, 0.05) is 5.39 Å². The van der Waals surface area contributed by atoms with Crippen molar-refractivity contribution < 1.29 is 18.7 Å². The van der Waals surface area contributed by atoms with E-state index < -0.39 is 11.0 Å². The summed E-state index contributed by atoms with van der Waals surface area (Å²) in [6.07, 6.45) is 0. The van der Waals surface area contributed by atoms with E-state index in [0.717, 1.165) is 16.5 Å².